The minimum absolute atomic E-state index is 0.100. The summed E-state index contributed by atoms with van der Waals surface area (Å²) in [5.74, 6) is 0.215. The summed E-state index contributed by atoms with van der Waals surface area (Å²) in [6.45, 7) is 2.41. The lowest BCUT2D eigenvalue weighted by Gasteiger charge is -2.14. The van der Waals surface area contributed by atoms with E-state index in [1.54, 1.807) is 13.0 Å². The molecule has 0 unspecified atom stereocenters. The van der Waals surface area contributed by atoms with E-state index in [2.05, 4.69) is 10.6 Å². The highest BCUT2D eigenvalue weighted by Crippen LogP contribution is 2.11. The normalized spacial score (nSPS) is 20.5. The van der Waals surface area contributed by atoms with Crippen LogP contribution in [-0.4, -0.2) is 24.4 Å². The Labute approximate surface area is 99.6 Å². The molecule has 1 saturated heterocycles. The van der Waals surface area contributed by atoms with Crippen molar-refractivity contribution in [2.75, 3.05) is 6.54 Å². The third kappa shape index (κ3) is 2.67. The van der Waals surface area contributed by atoms with Gasteiger partial charge in [-0.05, 0) is 32.3 Å². The van der Waals surface area contributed by atoms with Crippen LogP contribution in [0.3, 0.4) is 0 Å². The standard InChI is InChI=1S/C12H16N2O3/c1-8-9(5-7-17-8)11(15)14-10-4-2-3-6-13-12(10)16/h5,7,10H,2-4,6H2,1H3,(H,13,16)(H,14,15)/t10-/m1/s1. The Morgan fingerprint density at radius 1 is 1.53 bits per heavy atom. The fourth-order valence-corrected chi connectivity index (χ4v) is 1.93. The van der Waals surface area contributed by atoms with E-state index in [9.17, 15) is 9.59 Å². The van der Waals surface area contributed by atoms with Crippen molar-refractivity contribution in [2.45, 2.75) is 32.2 Å². The molecule has 1 aromatic heterocycles. The summed E-state index contributed by atoms with van der Waals surface area (Å²) in [5.41, 5.74) is 0.488. The summed E-state index contributed by atoms with van der Waals surface area (Å²) in [7, 11) is 0. The summed E-state index contributed by atoms with van der Waals surface area (Å²) in [5, 5.41) is 5.52. The maximum atomic E-state index is 11.9. The first-order chi connectivity index (χ1) is 8.18. The molecular weight excluding hydrogens is 220 g/mol. The largest absolute Gasteiger partial charge is 0.469 e. The summed E-state index contributed by atoms with van der Waals surface area (Å²) >= 11 is 0. The Morgan fingerprint density at radius 3 is 3.06 bits per heavy atom. The Kier molecular flexibility index (Phi) is 3.46. The monoisotopic (exact) mass is 236 g/mol. The lowest BCUT2D eigenvalue weighted by atomic mass is 10.1. The number of aryl methyl sites for hydroxylation is 1. The highest BCUT2D eigenvalue weighted by molar-refractivity contribution is 5.98. The highest BCUT2D eigenvalue weighted by Gasteiger charge is 2.23. The molecule has 17 heavy (non-hydrogen) atoms. The Morgan fingerprint density at radius 2 is 2.35 bits per heavy atom. The number of carbonyl (C=O) groups is 2. The third-order valence-electron chi connectivity index (χ3n) is 2.94. The van der Waals surface area contributed by atoms with Crippen LogP contribution in [0.4, 0.5) is 0 Å². The van der Waals surface area contributed by atoms with E-state index in [0.29, 0.717) is 24.3 Å². The summed E-state index contributed by atoms with van der Waals surface area (Å²) in [6, 6.07) is 1.18. The van der Waals surface area contributed by atoms with Gasteiger partial charge in [0.25, 0.3) is 5.91 Å². The minimum atomic E-state index is -0.431. The van der Waals surface area contributed by atoms with Gasteiger partial charge < -0.3 is 15.1 Å². The molecule has 5 nitrogen and oxygen atoms in total. The summed E-state index contributed by atoms with van der Waals surface area (Å²) in [6.07, 6.45) is 4.06. The van der Waals surface area contributed by atoms with Gasteiger partial charge in [-0.1, -0.05) is 0 Å². The van der Waals surface area contributed by atoms with E-state index in [4.69, 9.17) is 4.42 Å². The van der Waals surface area contributed by atoms with Crippen molar-refractivity contribution in [3.05, 3.63) is 23.7 Å². The molecule has 1 aromatic rings. The fraction of sp³-hybridized carbons (Fsp3) is 0.500. The van der Waals surface area contributed by atoms with Gasteiger partial charge in [-0.3, -0.25) is 9.59 Å². The summed E-state index contributed by atoms with van der Waals surface area (Å²) in [4.78, 5) is 23.6. The van der Waals surface area contributed by atoms with E-state index in [1.807, 2.05) is 0 Å². The lowest BCUT2D eigenvalue weighted by Crippen LogP contribution is -2.45. The second kappa shape index (κ2) is 5.03. The molecule has 1 fully saturated rings. The topological polar surface area (TPSA) is 71.3 Å². The van der Waals surface area contributed by atoms with Crippen molar-refractivity contribution in [3.63, 3.8) is 0 Å². The number of hydrogen-bond acceptors (Lipinski definition) is 3. The number of hydrogen-bond donors (Lipinski definition) is 2. The molecule has 5 heteroatoms. The number of furan rings is 1. The molecule has 92 valence electrons. The lowest BCUT2D eigenvalue weighted by molar-refractivity contribution is -0.122. The molecule has 1 aliphatic rings. The predicted octanol–water partition coefficient (Wildman–Crippen LogP) is 0.987. The molecule has 2 amide bonds. The summed E-state index contributed by atoms with van der Waals surface area (Å²) < 4.78 is 5.06. The van der Waals surface area contributed by atoms with Crippen molar-refractivity contribution >= 4 is 11.8 Å². The van der Waals surface area contributed by atoms with E-state index in [1.165, 1.54) is 6.26 Å². The maximum Gasteiger partial charge on any atom is 0.255 e. The third-order valence-corrected chi connectivity index (χ3v) is 2.94. The van der Waals surface area contributed by atoms with Crippen molar-refractivity contribution in [3.8, 4) is 0 Å². The van der Waals surface area contributed by atoms with Crippen LogP contribution in [0.15, 0.2) is 16.7 Å². The van der Waals surface area contributed by atoms with Crippen LogP contribution in [0.1, 0.15) is 35.4 Å². The van der Waals surface area contributed by atoms with Gasteiger partial charge in [0.1, 0.15) is 11.8 Å². The van der Waals surface area contributed by atoms with Gasteiger partial charge >= 0.3 is 0 Å². The van der Waals surface area contributed by atoms with E-state index < -0.39 is 6.04 Å². The average molecular weight is 236 g/mol. The molecule has 2 rings (SSSR count). The maximum absolute atomic E-state index is 11.9. The molecule has 0 aromatic carbocycles. The molecule has 1 aliphatic heterocycles. The highest BCUT2D eigenvalue weighted by atomic mass is 16.3. The molecule has 0 aliphatic carbocycles. The molecule has 1 atom stereocenters. The predicted molar refractivity (Wildman–Crippen MR) is 61.6 cm³/mol. The van der Waals surface area contributed by atoms with E-state index in [-0.39, 0.29) is 11.8 Å². The molecule has 0 bridgehead atoms. The zero-order valence-electron chi connectivity index (χ0n) is 9.79. The Bertz CT molecular complexity index is 425. The molecule has 2 heterocycles. The quantitative estimate of drug-likeness (QED) is 0.804. The van der Waals surface area contributed by atoms with Gasteiger partial charge in [-0.15, -0.1) is 0 Å². The Hall–Kier alpha value is -1.78. The molecule has 0 radical (unpaired) electrons. The second-order valence-corrected chi connectivity index (χ2v) is 4.20. The first kappa shape index (κ1) is 11.7. The first-order valence-electron chi connectivity index (χ1n) is 5.81. The van der Waals surface area contributed by atoms with Crippen molar-refractivity contribution in [2.24, 2.45) is 0 Å². The van der Waals surface area contributed by atoms with Crippen molar-refractivity contribution in [1.82, 2.24) is 10.6 Å². The van der Waals surface area contributed by atoms with Gasteiger partial charge in [-0.2, -0.15) is 0 Å². The van der Waals surface area contributed by atoms with E-state index in [0.717, 1.165) is 12.8 Å². The van der Waals surface area contributed by atoms with Gasteiger partial charge in [0.2, 0.25) is 5.91 Å². The second-order valence-electron chi connectivity index (χ2n) is 4.20. The SMILES string of the molecule is Cc1occc1C(=O)N[C@@H]1CCCCNC1=O. The van der Waals surface area contributed by atoms with Crippen LogP contribution in [0.25, 0.3) is 0 Å². The van der Waals surface area contributed by atoms with Crippen molar-refractivity contribution in [1.29, 1.82) is 0 Å². The number of nitrogens with one attached hydrogen (secondary N) is 2. The van der Waals surface area contributed by atoms with Gasteiger partial charge in [-0.25, -0.2) is 0 Å². The molecule has 0 saturated carbocycles. The fourth-order valence-electron chi connectivity index (χ4n) is 1.93. The van der Waals surface area contributed by atoms with Crippen LogP contribution in [-0.2, 0) is 4.79 Å². The zero-order valence-corrected chi connectivity index (χ0v) is 9.79. The zero-order chi connectivity index (χ0) is 12.3. The van der Waals surface area contributed by atoms with Gasteiger partial charge in [0.05, 0.1) is 11.8 Å². The number of rotatable bonds is 2. The van der Waals surface area contributed by atoms with Crippen LogP contribution >= 0.6 is 0 Å². The van der Waals surface area contributed by atoms with Crippen LogP contribution in [0, 0.1) is 6.92 Å². The molecule has 0 spiro atoms. The van der Waals surface area contributed by atoms with Crippen LogP contribution in [0.5, 0.6) is 0 Å². The van der Waals surface area contributed by atoms with Gasteiger partial charge in [0.15, 0.2) is 0 Å². The minimum Gasteiger partial charge on any atom is -0.469 e. The van der Waals surface area contributed by atoms with Crippen LogP contribution in [0.2, 0.25) is 0 Å². The molecule has 2 N–H and O–H groups in total. The smallest absolute Gasteiger partial charge is 0.255 e. The van der Waals surface area contributed by atoms with E-state index >= 15 is 0 Å². The van der Waals surface area contributed by atoms with Gasteiger partial charge in [0, 0.05) is 6.54 Å². The number of amides is 2. The van der Waals surface area contributed by atoms with Crippen molar-refractivity contribution < 1.29 is 14.0 Å². The average Bonchev–Trinajstić information content (AvgIpc) is 2.63. The Balaban J connectivity index is 2.02. The molecular formula is C12H16N2O3. The number of carbonyl (C=O) groups excluding carboxylic acids is 2. The first-order valence-corrected chi connectivity index (χ1v) is 5.81. The van der Waals surface area contributed by atoms with Crippen LogP contribution < -0.4 is 10.6 Å².